The maximum absolute atomic E-state index is 12.8. The second kappa shape index (κ2) is 6.46. The van der Waals surface area contributed by atoms with Crippen molar-refractivity contribution >= 4 is 5.91 Å². The Labute approximate surface area is 145 Å². The Kier molecular flexibility index (Phi) is 4.29. The van der Waals surface area contributed by atoms with Gasteiger partial charge in [0.25, 0.3) is 5.91 Å². The van der Waals surface area contributed by atoms with E-state index in [1.165, 1.54) is 51.3 Å². The zero-order chi connectivity index (χ0) is 17.6. The lowest BCUT2D eigenvalue weighted by molar-refractivity contribution is -0.0516. The second-order valence-corrected chi connectivity index (χ2v) is 7.65. The first kappa shape index (κ1) is 16.6. The molecule has 5 rings (SSSR count). The summed E-state index contributed by atoms with van der Waals surface area (Å²) in [5.74, 6) is 2.25. The minimum absolute atomic E-state index is 0.105. The van der Waals surface area contributed by atoms with E-state index in [4.69, 9.17) is 4.74 Å². The molecule has 4 aliphatic rings. The average Bonchev–Trinajstić information content (AvgIpc) is 2.57. The summed E-state index contributed by atoms with van der Waals surface area (Å²) in [4.78, 5) is 12.8. The van der Waals surface area contributed by atoms with Crippen molar-refractivity contribution < 1.29 is 23.0 Å². The third-order valence-corrected chi connectivity index (χ3v) is 6.17. The van der Waals surface area contributed by atoms with Crippen LogP contribution < -0.4 is 14.8 Å². The first-order valence-corrected chi connectivity index (χ1v) is 8.97. The molecule has 0 unspecified atom stereocenters. The van der Waals surface area contributed by atoms with Gasteiger partial charge < -0.3 is 14.8 Å². The van der Waals surface area contributed by atoms with Crippen LogP contribution in [0.15, 0.2) is 18.2 Å². The van der Waals surface area contributed by atoms with Gasteiger partial charge in [-0.25, -0.2) is 0 Å². The van der Waals surface area contributed by atoms with E-state index in [0.29, 0.717) is 11.8 Å². The molecule has 0 aromatic heterocycles. The molecule has 1 N–H and O–H groups in total. The predicted molar refractivity (Wildman–Crippen MR) is 87.9 cm³/mol. The van der Waals surface area contributed by atoms with E-state index in [1.54, 1.807) is 6.07 Å². The zero-order valence-electron chi connectivity index (χ0n) is 14.2. The Balaban J connectivity index is 1.55. The van der Waals surface area contributed by atoms with Crippen LogP contribution >= 0.6 is 0 Å². The van der Waals surface area contributed by atoms with Crippen molar-refractivity contribution in [3.8, 4) is 11.5 Å². The van der Waals surface area contributed by atoms with Crippen LogP contribution in [-0.2, 0) is 0 Å². The van der Waals surface area contributed by atoms with Crippen LogP contribution in [0, 0.1) is 23.7 Å². The number of ether oxygens (including phenoxy) is 2. The van der Waals surface area contributed by atoms with Crippen LogP contribution in [0.5, 0.6) is 11.5 Å². The van der Waals surface area contributed by atoms with Crippen LogP contribution in [-0.4, -0.2) is 25.7 Å². The molecule has 25 heavy (non-hydrogen) atoms. The predicted octanol–water partition coefficient (Wildman–Crippen LogP) is 3.85. The van der Waals surface area contributed by atoms with Gasteiger partial charge in [-0.1, -0.05) is 6.07 Å². The Morgan fingerprint density at radius 3 is 2.32 bits per heavy atom. The number of nitrogens with one attached hydrogen (secondary N) is 1. The van der Waals surface area contributed by atoms with Crippen LogP contribution in [0.4, 0.5) is 8.78 Å². The lowest BCUT2D eigenvalue weighted by atomic mass is 9.54. The third kappa shape index (κ3) is 3.07. The molecule has 6 heteroatoms. The number of hydrogen-bond donors (Lipinski definition) is 1. The van der Waals surface area contributed by atoms with Gasteiger partial charge in [0.05, 0.1) is 12.7 Å². The number of para-hydroxylation sites is 1. The fourth-order valence-corrected chi connectivity index (χ4v) is 5.46. The number of alkyl halides is 2. The number of carbonyl (C=O) groups excluding carboxylic acids is 1. The maximum Gasteiger partial charge on any atom is 0.387 e. The molecular weight excluding hydrogens is 328 g/mol. The van der Waals surface area contributed by atoms with Crippen molar-refractivity contribution in [2.45, 2.75) is 44.8 Å². The molecule has 4 fully saturated rings. The minimum Gasteiger partial charge on any atom is -0.493 e. The molecule has 0 atom stereocenters. The average molecular weight is 351 g/mol. The number of rotatable bonds is 5. The molecule has 4 nitrogen and oxygen atoms in total. The molecule has 1 aromatic carbocycles. The first-order chi connectivity index (χ1) is 12.0. The third-order valence-electron chi connectivity index (χ3n) is 6.17. The monoisotopic (exact) mass is 351 g/mol. The topological polar surface area (TPSA) is 47.6 Å². The molecule has 0 saturated heterocycles. The van der Waals surface area contributed by atoms with Crippen molar-refractivity contribution in [3.05, 3.63) is 23.8 Å². The van der Waals surface area contributed by atoms with Crippen LogP contribution in [0.2, 0.25) is 0 Å². The van der Waals surface area contributed by atoms with E-state index < -0.39 is 6.61 Å². The molecule has 0 radical (unpaired) electrons. The summed E-state index contributed by atoms with van der Waals surface area (Å²) in [7, 11) is 1.37. The summed E-state index contributed by atoms with van der Waals surface area (Å²) >= 11 is 0. The highest BCUT2D eigenvalue weighted by atomic mass is 19.3. The molecular formula is C19H23F2NO3. The number of carbonyl (C=O) groups is 1. The van der Waals surface area contributed by atoms with Gasteiger partial charge in [0, 0.05) is 6.04 Å². The molecule has 4 saturated carbocycles. The SMILES string of the molecule is COc1cccc(C(=O)NC2C3CC4CC(C3)CC2C4)c1OC(F)F. The standard InChI is InChI=1S/C19H23F2NO3/c1-24-15-4-2-3-14(17(15)25-19(20)21)18(23)22-16-12-6-10-5-11(8-12)9-13(16)7-10/h2-4,10-13,16,19H,5-9H2,1H3,(H,22,23). The van der Waals surface area contributed by atoms with E-state index in [9.17, 15) is 13.6 Å². The summed E-state index contributed by atoms with van der Waals surface area (Å²) in [6.45, 7) is -3.01. The lowest BCUT2D eigenvalue weighted by Gasteiger charge is -2.54. The summed E-state index contributed by atoms with van der Waals surface area (Å²) in [5, 5.41) is 3.12. The highest BCUT2D eigenvalue weighted by Crippen LogP contribution is 2.53. The van der Waals surface area contributed by atoms with Gasteiger partial charge in [0.15, 0.2) is 11.5 Å². The van der Waals surface area contributed by atoms with Gasteiger partial charge >= 0.3 is 6.61 Å². The minimum atomic E-state index is -3.01. The molecule has 1 aromatic rings. The Hall–Kier alpha value is -1.85. The Morgan fingerprint density at radius 1 is 1.12 bits per heavy atom. The Bertz CT molecular complexity index is 636. The van der Waals surface area contributed by atoms with Gasteiger partial charge in [0.1, 0.15) is 0 Å². The van der Waals surface area contributed by atoms with Crippen molar-refractivity contribution in [2.75, 3.05) is 7.11 Å². The molecule has 1 amide bonds. The largest absolute Gasteiger partial charge is 0.493 e. The normalized spacial score (nSPS) is 32.7. The van der Waals surface area contributed by atoms with Crippen molar-refractivity contribution in [1.82, 2.24) is 5.32 Å². The highest BCUT2D eigenvalue weighted by molar-refractivity contribution is 5.98. The number of amides is 1. The summed E-state index contributed by atoms with van der Waals surface area (Å²) in [6.07, 6.45) is 6.05. The molecule has 0 heterocycles. The molecule has 0 spiro atoms. The first-order valence-electron chi connectivity index (χ1n) is 8.97. The summed E-state index contributed by atoms with van der Waals surface area (Å²) in [6, 6.07) is 4.78. The Morgan fingerprint density at radius 2 is 1.76 bits per heavy atom. The lowest BCUT2D eigenvalue weighted by Crippen LogP contribution is -2.55. The van der Waals surface area contributed by atoms with E-state index in [2.05, 4.69) is 10.1 Å². The zero-order valence-corrected chi connectivity index (χ0v) is 14.2. The number of hydrogen-bond acceptors (Lipinski definition) is 3. The number of halogens is 2. The quantitative estimate of drug-likeness (QED) is 0.876. The smallest absolute Gasteiger partial charge is 0.387 e. The van der Waals surface area contributed by atoms with E-state index in [0.717, 1.165) is 11.8 Å². The van der Waals surface area contributed by atoms with Gasteiger partial charge in [-0.2, -0.15) is 8.78 Å². The summed E-state index contributed by atoms with van der Waals surface area (Å²) < 4.78 is 35.2. The van der Waals surface area contributed by atoms with Crippen molar-refractivity contribution in [1.29, 1.82) is 0 Å². The molecule has 4 aliphatic carbocycles. The van der Waals surface area contributed by atoms with E-state index in [-0.39, 0.29) is 29.0 Å². The van der Waals surface area contributed by atoms with Gasteiger partial charge in [-0.15, -0.1) is 0 Å². The molecule has 0 aliphatic heterocycles. The van der Waals surface area contributed by atoms with Crippen LogP contribution in [0.1, 0.15) is 42.5 Å². The maximum atomic E-state index is 12.8. The fourth-order valence-electron chi connectivity index (χ4n) is 5.46. The number of benzene rings is 1. The highest BCUT2D eigenvalue weighted by Gasteiger charge is 2.48. The second-order valence-electron chi connectivity index (χ2n) is 7.65. The van der Waals surface area contributed by atoms with Crippen molar-refractivity contribution in [2.24, 2.45) is 23.7 Å². The summed E-state index contributed by atoms with van der Waals surface area (Å²) in [5.41, 5.74) is 0.105. The van der Waals surface area contributed by atoms with Gasteiger partial charge in [0.2, 0.25) is 0 Å². The van der Waals surface area contributed by atoms with E-state index >= 15 is 0 Å². The van der Waals surface area contributed by atoms with Crippen LogP contribution in [0.3, 0.4) is 0 Å². The number of methoxy groups -OCH3 is 1. The van der Waals surface area contributed by atoms with E-state index in [1.807, 2.05) is 0 Å². The molecule has 136 valence electrons. The van der Waals surface area contributed by atoms with Crippen LogP contribution in [0.25, 0.3) is 0 Å². The van der Waals surface area contributed by atoms with Gasteiger partial charge in [-0.05, 0) is 67.9 Å². The molecule has 4 bridgehead atoms. The fraction of sp³-hybridized carbons (Fsp3) is 0.632. The van der Waals surface area contributed by atoms with Crippen molar-refractivity contribution in [3.63, 3.8) is 0 Å². The van der Waals surface area contributed by atoms with Gasteiger partial charge in [-0.3, -0.25) is 4.79 Å².